The van der Waals surface area contributed by atoms with E-state index in [0.717, 1.165) is 18.4 Å². The van der Waals surface area contributed by atoms with Crippen LogP contribution in [0.15, 0.2) is 18.2 Å². The molecule has 0 atom stereocenters. The minimum atomic E-state index is -1.06. The molecule has 150 valence electrons. The average molecular weight is 403 g/mol. The van der Waals surface area contributed by atoms with Crippen LogP contribution in [0.5, 0.6) is 5.75 Å². The molecule has 0 spiro atoms. The first-order valence-electron chi connectivity index (χ1n) is 10.7. The van der Waals surface area contributed by atoms with Gasteiger partial charge in [-0.3, -0.25) is 0 Å². The molecule has 0 aliphatic carbocycles. The van der Waals surface area contributed by atoms with Gasteiger partial charge in [0.15, 0.2) is 0 Å². The standard InChI is InChI=1S/C23H38O3.Ca/c1-2-3-4-5-6-7-8-9-10-11-12-13-14-15-16-20-17-18-22(24)21(19-20)23(25)26;/h17-19,24H,2-16H2,1H3,(H,25,26);. The zero-order chi connectivity index (χ0) is 19.0. The van der Waals surface area contributed by atoms with Gasteiger partial charge in [0.05, 0.1) is 0 Å². The summed E-state index contributed by atoms with van der Waals surface area (Å²) in [5, 5.41) is 18.5. The second-order valence-corrected chi connectivity index (χ2v) is 7.50. The number of unbranched alkanes of at least 4 members (excludes halogenated alkanes) is 13. The summed E-state index contributed by atoms with van der Waals surface area (Å²) in [7, 11) is 0. The Balaban J connectivity index is 0.00000676. The van der Waals surface area contributed by atoms with Crippen molar-refractivity contribution >= 4 is 43.7 Å². The maximum atomic E-state index is 11.0. The first-order chi connectivity index (χ1) is 12.6. The molecule has 0 aliphatic heterocycles. The smallest absolute Gasteiger partial charge is 0.339 e. The Labute approximate surface area is 196 Å². The van der Waals surface area contributed by atoms with Crippen LogP contribution in [0.1, 0.15) is 113 Å². The quantitative estimate of drug-likeness (QED) is 0.238. The molecule has 1 aromatic rings. The van der Waals surface area contributed by atoms with Crippen LogP contribution in [-0.4, -0.2) is 53.9 Å². The zero-order valence-electron chi connectivity index (χ0n) is 17.3. The van der Waals surface area contributed by atoms with Gasteiger partial charge in [0.25, 0.3) is 0 Å². The van der Waals surface area contributed by atoms with Gasteiger partial charge < -0.3 is 10.2 Å². The monoisotopic (exact) mass is 402 g/mol. The van der Waals surface area contributed by atoms with Gasteiger partial charge in [0.2, 0.25) is 0 Å². The van der Waals surface area contributed by atoms with Crippen molar-refractivity contribution in [3.63, 3.8) is 0 Å². The van der Waals surface area contributed by atoms with E-state index in [0.29, 0.717) is 0 Å². The van der Waals surface area contributed by atoms with Gasteiger partial charge in [-0.25, -0.2) is 4.79 Å². The Hall–Kier alpha value is -0.250. The molecule has 0 aliphatic rings. The molecular formula is C23H38CaO3. The summed E-state index contributed by atoms with van der Waals surface area (Å²) >= 11 is 0. The third-order valence-electron chi connectivity index (χ3n) is 5.11. The Bertz CT molecular complexity index is 502. The molecule has 1 rings (SSSR count). The molecule has 2 N–H and O–H groups in total. The van der Waals surface area contributed by atoms with E-state index in [4.69, 9.17) is 5.11 Å². The van der Waals surface area contributed by atoms with E-state index in [1.54, 1.807) is 6.07 Å². The van der Waals surface area contributed by atoms with E-state index in [2.05, 4.69) is 6.92 Å². The first-order valence-corrected chi connectivity index (χ1v) is 10.7. The van der Waals surface area contributed by atoms with Crippen molar-refractivity contribution in [1.82, 2.24) is 0 Å². The second-order valence-electron chi connectivity index (χ2n) is 7.50. The van der Waals surface area contributed by atoms with Crippen LogP contribution in [0.25, 0.3) is 0 Å². The van der Waals surface area contributed by atoms with Crippen LogP contribution in [-0.2, 0) is 6.42 Å². The summed E-state index contributed by atoms with van der Waals surface area (Å²) in [5.41, 5.74) is 1.01. The number of phenols is 1. The van der Waals surface area contributed by atoms with Crippen LogP contribution >= 0.6 is 0 Å². The third kappa shape index (κ3) is 13.5. The topological polar surface area (TPSA) is 57.5 Å². The summed E-state index contributed by atoms with van der Waals surface area (Å²) in [6.45, 7) is 2.27. The predicted molar refractivity (Wildman–Crippen MR) is 115 cm³/mol. The number of aromatic hydroxyl groups is 1. The van der Waals surface area contributed by atoms with E-state index in [1.165, 1.54) is 89.5 Å². The Morgan fingerprint density at radius 1 is 0.778 bits per heavy atom. The number of carboxylic acid groups (broad SMARTS) is 1. The second kappa shape index (κ2) is 17.8. The molecule has 2 radical (unpaired) electrons. The van der Waals surface area contributed by atoms with Crippen molar-refractivity contribution in [1.29, 1.82) is 0 Å². The van der Waals surface area contributed by atoms with Gasteiger partial charge >= 0.3 is 5.97 Å². The van der Waals surface area contributed by atoms with Crippen LogP contribution in [0.3, 0.4) is 0 Å². The molecule has 0 bridgehead atoms. The molecule has 0 saturated carbocycles. The van der Waals surface area contributed by atoms with E-state index >= 15 is 0 Å². The molecule has 0 amide bonds. The van der Waals surface area contributed by atoms with Gasteiger partial charge in [-0.1, -0.05) is 96.5 Å². The average Bonchev–Trinajstić information content (AvgIpc) is 2.63. The van der Waals surface area contributed by atoms with Gasteiger partial charge in [0.1, 0.15) is 11.3 Å². The molecule has 0 heterocycles. The number of hydrogen-bond donors (Lipinski definition) is 2. The zero-order valence-corrected chi connectivity index (χ0v) is 19.6. The molecule has 1 aromatic carbocycles. The number of hydrogen-bond acceptors (Lipinski definition) is 2. The fourth-order valence-corrected chi connectivity index (χ4v) is 3.43. The Morgan fingerprint density at radius 3 is 1.67 bits per heavy atom. The fraction of sp³-hybridized carbons (Fsp3) is 0.696. The molecule has 27 heavy (non-hydrogen) atoms. The number of aromatic carboxylic acids is 1. The maximum Gasteiger partial charge on any atom is 0.339 e. The predicted octanol–water partition coefficient (Wildman–Crippen LogP) is 6.73. The molecule has 0 saturated heterocycles. The summed E-state index contributed by atoms with van der Waals surface area (Å²) in [5.74, 6) is -1.22. The van der Waals surface area contributed by atoms with Crippen molar-refractivity contribution in [2.75, 3.05) is 0 Å². The summed E-state index contributed by atoms with van der Waals surface area (Å²) in [4.78, 5) is 11.0. The summed E-state index contributed by atoms with van der Waals surface area (Å²) < 4.78 is 0. The molecule has 4 heteroatoms. The largest absolute Gasteiger partial charge is 0.507 e. The van der Waals surface area contributed by atoms with Crippen LogP contribution in [0.2, 0.25) is 0 Å². The minimum absolute atomic E-state index is 0. The van der Waals surface area contributed by atoms with E-state index < -0.39 is 5.97 Å². The summed E-state index contributed by atoms with van der Waals surface area (Å²) in [6, 6.07) is 4.91. The van der Waals surface area contributed by atoms with E-state index in [-0.39, 0.29) is 49.1 Å². The van der Waals surface area contributed by atoms with Crippen LogP contribution in [0, 0.1) is 0 Å². The fourth-order valence-electron chi connectivity index (χ4n) is 3.43. The third-order valence-corrected chi connectivity index (χ3v) is 5.11. The number of aryl methyl sites for hydroxylation is 1. The van der Waals surface area contributed by atoms with Gasteiger partial charge in [-0.15, -0.1) is 0 Å². The van der Waals surface area contributed by atoms with E-state index in [9.17, 15) is 9.90 Å². The van der Waals surface area contributed by atoms with Crippen molar-refractivity contribution < 1.29 is 15.0 Å². The number of benzene rings is 1. The van der Waals surface area contributed by atoms with Gasteiger partial charge in [-0.2, -0.15) is 0 Å². The van der Waals surface area contributed by atoms with Crippen LogP contribution < -0.4 is 0 Å². The SMILES string of the molecule is CCCCCCCCCCCCCCCCc1ccc(O)c(C(=O)O)c1.[Ca]. The summed E-state index contributed by atoms with van der Waals surface area (Å²) in [6.07, 6.45) is 19.6. The molecule has 0 aromatic heterocycles. The number of carboxylic acids is 1. The molecule has 0 unspecified atom stereocenters. The van der Waals surface area contributed by atoms with Crippen molar-refractivity contribution in [3.8, 4) is 5.75 Å². The number of carbonyl (C=O) groups is 1. The van der Waals surface area contributed by atoms with Gasteiger partial charge in [0, 0.05) is 37.7 Å². The van der Waals surface area contributed by atoms with Gasteiger partial charge in [-0.05, 0) is 30.5 Å². The van der Waals surface area contributed by atoms with Crippen molar-refractivity contribution in [2.45, 2.75) is 103 Å². The molecule has 3 nitrogen and oxygen atoms in total. The van der Waals surface area contributed by atoms with Crippen LogP contribution in [0.4, 0.5) is 0 Å². The van der Waals surface area contributed by atoms with E-state index in [1.807, 2.05) is 6.07 Å². The normalized spacial score (nSPS) is 10.6. The Kier molecular flexibility index (Phi) is 17.7. The Morgan fingerprint density at radius 2 is 1.22 bits per heavy atom. The van der Waals surface area contributed by atoms with Crippen molar-refractivity contribution in [3.05, 3.63) is 29.3 Å². The maximum absolute atomic E-state index is 11.0. The number of rotatable bonds is 16. The molecular weight excluding hydrogens is 364 g/mol. The molecule has 0 fully saturated rings. The first kappa shape index (κ1) is 26.7. The minimum Gasteiger partial charge on any atom is -0.507 e. The van der Waals surface area contributed by atoms with Crippen molar-refractivity contribution in [2.24, 2.45) is 0 Å².